The van der Waals surface area contributed by atoms with E-state index in [9.17, 15) is 4.79 Å². The standard InChI is InChI=1S/C11H22O3Si/c1-6-10(14-11(12)7-2)8-9-15(4,5)13-3/h7,10H,2,6,8-9H2,1,3-5H3. The van der Waals surface area contributed by atoms with Crippen LogP contribution in [0.3, 0.4) is 0 Å². The van der Waals surface area contributed by atoms with Crippen LogP contribution in [0.2, 0.25) is 19.1 Å². The maximum Gasteiger partial charge on any atom is 0.330 e. The van der Waals surface area contributed by atoms with Gasteiger partial charge in [-0.2, -0.15) is 0 Å². The zero-order valence-corrected chi connectivity index (χ0v) is 11.2. The van der Waals surface area contributed by atoms with Gasteiger partial charge in [0.2, 0.25) is 0 Å². The Bertz CT molecular complexity index is 214. The molecule has 0 heterocycles. The molecular formula is C11H22O3Si. The Balaban J connectivity index is 4.00. The minimum Gasteiger partial charge on any atom is -0.459 e. The smallest absolute Gasteiger partial charge is 0.330 e. The molecule has 0 rings (SSSR count). The third-order valence-corrected chi connectivity index (χ3v) is 5.12. The molecule has 0 aliphatic heterocycles. The lowest BCUT2D eigenvalue weighted by Gasteiger charge is -2.23. The third-order valence-electron chi connectivity index (χ3n) is 2.53. The van der Waals surface area contributed by atoms with Gasteiger partial charge in [0.15, 0.2) is 8.32 Å². The average molecular weight is 230 g/mol. The van der Waals surface area contributed by atoms with Gasteiger partial charge in [0.25, 0.3) is 0 Å². The highest BCUT2D eigenvalue weighted by atomic mass is 28.4. The summed E-state index contributed by atoms with van der Waals surface area (Å²) in [6.07, 6.45) is 2.93. The van der Waals surface area contributed by atoms with Crippen LogP contribution < -0.4 is 0 Å². The van der Waals surface area contributed by atoms with Gasteiger partial charge in [0.1, 0.15) is 6.10 Å². The molecule has 0 aliphatic carbocycles. The zero-order valence-electron chi connectivity index (χ0n) is 10.2. The molecule has 1 atom stereocenters. The largest absolute Gasteiger partial charge is 0.459 e. The fourth-order valence-electron chi connectivity index (χ4n) is 1.17. The Labute approximate surface area is 93.6 Å². The summed E-state index contributed by atoms with van der Waals surface area (Å²) in [4.78, 5) is 11.0. The normalized spacial score (nSPS) is 13.3. The molecule has 0 aromatic heterocycles. The summed E-state index contributed by atoms with van der Waals surface area (Å²) in [5.74, 6) is -0.335. The molecule has 0 saturated heterocycles. The Hall–Kier alpha value is -0.613. The van der Waals surface area contributed by atoms with Crippen molar-refractivity contribution in [2.45, 2.75) is 45.0 Å². The Morgan fingerprint density at radius 3 is 2.53 bits per heavy atom. The second kappa shape index (κ2) is 6.79. The first-order valence-corrected chi connectivity index (χ1v) is 8.45. The van der Waals surface area contributed by atoms with Crippen molar-refractivity contribution < 1.29 is 14.0 Å². The molecule has 0 amide bonds. The predicted molar refractivity (Wildman–Crippen MR) is 64.3 cm³/mol. The molecule has 0 radical (unpaired) electrons. The number of hydrogen-bond donors (Lipinski definition) is 0. The van der Waals surface area contributed by atoms with E-state index in [1.54, 1.807) is 7.11 Å². The van der Waals surface area contributed by atoms with Crippen LogP contribution >= 0.6 is 0 Å². The molecule has 1 unspecified atom stereocenters. The Kier molecular flexibility index (Phi) is 6.52. The van der Waals surface area contributed by atoms with E-state index < -0.39 is 8.32 Å². The quantitative estimate of drug-likeness (QED) is 0.383. The molecule has 0 aromatic rings. The highest BCUT2D eigenvalue weighted by molar-refractivity contribution is 6.71. The summed E-state index contributed by atoms with van der Waals surface area (Å²) in [5.41, 5.74) is 0. The topological polar surface area (TPSA) is 35.5 Å². The highest BCUT2D eigenvalue weighted by Crippen LogP contribution is 2.17. The Morgan fingerprint density at radius 1 is 1.53 bits per heavy atom. The molecule has 3 nitrogen and oxygen atoms in total. The van der Waals surface area contributed by atoms with Crippen molar-refractivity contribution in [2.75, 3.05) is 7.11 Å². The maximum absolute atomic E-state index is 11.0. The lowest BCUT2D eigenvalue weighted by atomic mass is 10.2. The molecule has 15 heavy (non-hydrogen) atoms. The summed E-state index contributed by atoms with van der Waals surface area (Å²) >= 11 is 0. The maximum atomic E-state index is 11.0. The van der Waals surface area contributed by atoms with Crippen molar-refractivity contribution in [3.8, 4) is 0 Å². The van der Waals surface area contributed by atoms with E-state index in [4.69, 9.17) is 9.16 Å². The predicted octanol–water partition coefficient (Wildman–Crippen LogP) is 2.74. The summed E-state index contributed by atoms with van der Waals surface area (Å²) < 4.78 is 10.6. The molecule has 0 bridgehead atoms. The van der Waals surface area contributed by atoms with E-state index in [0.717, 1.165) is 18.9 Å². The van der Waals surface area contributed by atoms with Gasteiger partial charge in [0.05, 0.1) is 0 Å². The van der Waals surface area contributed by atoms with Gasteiger partial charge >= 0.3 is 5.97 Å². The first kappa shape index (κ1) is 14.4. The fraction of sp³-hybridized carbons (Fsp3) is 0.727. The Morgan fingerprint density at radius 2 is 2.13 bits per heavy atom. The van der Waals surface area contributed by atoms with E-state index in [-0.39, 0.29) is 12.1 Å². The van der Waals surface area contributed by atoms with Crippen molar-refractivity contribution in [2.24, 2.45) is 0 Å². The van der Waals surface area contributed by atoms with Crippen LogP contribution in [0.25, 0.3) is 0 Å². The van der Waals surface area contributed by atoms with Gasteiger partial charge in [-0.15, -0.1) is 0 Å². The van der Waals surface area contributed by atoms with Crippen LogP contribution in [-0.2, 0) is 14.0 Å². The minimum absolute atomic E-state index is 0.00238. The first-order chi connectivity index (χ1) is 6.95. The van der Waals surface area contributed by atoms with Crippen molar-refractivity contribution >= 4 is 14.3 Å². The summed E-state index contributed by atoms with van der Waals surface area (Å²) in [6.45, 7) is 9.72. The van der Waals surface area contributed by atoms with Crippen LogP contribution in [-0.4, -0.2) is 27.5 Å². The van der Waals surface area contributed by atoms with E-state index in [2.05, 4.69) is 19.7 Å². The van der Waals surface area contributed by atoms with Gasteiger partial charge in [-0.05, 0) is 32.0 Å². The number of hydrogen-bond acceptors (Lipinski definition) is 3. The van der Waals surface area contributed by atoms with Crippen molar-refractivity contribution in [3.05, 3.63) is 12.7 Å². The van der Waals surface area contributed by atoms with Crippen LogP contribution in [0.5, 0.6) is 0 Å². The van der Waals surface area contributed by atoms with Crippen LogP contribution in [0, 0.1) is 0 Å². The molecule has 0 fully saturated rings. The highest BCUT2D eigenvalue weighted by Gasteiger charge is 2.23. The molecule has 0 aromatic carbocycles. The second-order valence-electron chi connectivity index (χ2n) is 4.17. The molecule has 0 N–H and O–H groups in total. The summed E-state index contributed by atoms with van der Waals surface area (Å²) in [7, 11) is 0.218. The third kappa shape index (κ3) is 6.46. The fourth-order valence-corrected chi connectivity index (χ4v) is 2.39. The minimum atomic E-state index is -1.53. The van der Waals surface area contributed by atoms with Crippen LogP contribution in [0.15, 0.2) is 12.7 Å². The van der Waals surface area contributed by atoms with Crippen LogP contribution in [0.1, 0.15) is 19.8 Å². The van der Waals surface area contributed by atoms with Crippen molar-refractivity contribution in [1.29, 1.82) is 0 Å². The van der Waals surface area contributed by atoms with Gasteiger partial charge in [0, 0.05) is 13.2 Å². The van der Waals surface area contributed by atoms with Crippen LogP contribution in [0.4, 0.5) is 0 Å². The van der Waals surface area contributed by atoms with Crippen molar-refractivity contribution in [3.63, 3.8) is 0 Å². The molecule has 88 valence electrons. The second-order valence-corrected chi connectivity index (χ2v) is 8.60. The molecule has 0 aliphatic rings. The lowest BCUT2D eigenvalue weighted by Crippen LogP contribution is -2.30. The molecule has 0 spiro atoms. The molecule has 4 heteroatoms. The number of carbonyl (C=O) groups is 1. The van der Waals surface area contributed by atoms with E-state index in [1.165, 1.54) is 6.08 Å². The number of rotatable bonds is 7. The van der Waals surface area contributed by atoms with E-state index in [0.29, 0.717) is 0 Å². The SMILES string of the molecule is C=CC(=O)OC(CC)CC[Si](C)(C)OC. The van der Waals surface area contributed by atoms with Gasteiger partial charge < -0.3 is 9.16 Å². The van der Waals surface area contributed by atoms with Crippen molar-refractivity contribution in [1.82, 2.24) is 0 Å². The lowest BCUT2D eigenvalue weighted by molar-refractivity contribution is -0.143. The number of carbonyl (C=O) groups excluding carboxylic acids is 1. The number of ether oxygens (including phenoxy) is 1. The summed E-state index contributed by atoms with van der Waals surface area (Å²) in [5, 5.41) is 0. The molecular weight excluding hydrogens is 208 g/mol. The monoisotopic (exact) mass is 230 g/mol. The zero-order chi connectivity index (χ0) is 11.9. The summed E-state index contributed by atoms with van der Waals surface area (Å²) in [6, 6.07) is 1.01. The number of esters is 1. The van der Waals surface area contributed by atoms with Gasteiger partial charge in [-0.25, -0.2) is 4.79 Å². The van der Waals surface area contributed by atoms with E-state index >= 15 is 0 Å². The first-order valence-electron chi connectivity index (χ1n) is 5.33. The average Bonchev–Trinajstić information content (AvgIpc) is 2.23. The van der Waals surface area contributed by atoms with Gasteiger partial charge in [-0.1, -0.05) is 13.5 Å². The van der Waals surface area contributed by atoms with E-state index in [1.807, 2.05) is 6.92 Å². The molecule has 0 saturated carbocycles. The van der Waals surface area contributed by atoms with Gasteiger partial charge in [-0.3, -0.25) is 0 Å².